The molecule has 1 atom stereocenters. The van der Waals surface area contributed by atoms with Crippen molar-refractivity contribution >= 4 is 5.91 Å². The van der Waals surface area contributed by atoms with Crippen molar-refractivity contribution in [3.05, 3.63) is 54.6 Å². The lowest BCUT2D eigenvalue weighted by molar-refractivity contribution is -0.120. The van der Waals surface area contributed by atoms with E-state index in [2.05, 4.69) is 4.98 Å². The minimum absolute atomic E-state index is 0.390. The van der Waals surface area contributed by atoms with Crippen molar-refractivity contribution in [3.63, 3.8) is 0 Å². The first-order valence-electron chi connectivity index (χ1n) is 4.61. The predicted octanol–water partition coefficient (Wildman–Crippen LogP) is 0.958. The quantitative estimate of drug-likeness (QED) is 0.803. The van der Waals surface area contributed by atoms with Crippen LogP contribution in [0.3, 0.4) is 0 Å². The van der Waals surface area contributed by atoms with Crippen LogP contribution in [0.25, 0.3) is 0 Å². The number of nitrogens with zero attached hydrogens (tertiary/aromatic N) is 2. The largest absolute Gasteiger partial charge is 0.368 e. The van der Waals surface area contributed by atoms with Crippen molar-refractivity contribution in [2.24, 2.45) is 5.73 Å². The van der Waals surface area contributed by atoms with Crippen LogP contribution in [0, 0.1) is 0 Å². The van der Waals surface area contributed by atoms with Gasteiger partial charge >= 0.3 is 0 Å². The van der Waals surface area contributed by atoms with Gasteiger partial charge in [0.2, 0.25) is 5.91 Å². The number of aromatic nitrogens is 2. The first kappa shape index (κ1) is 9.45. The zero-order valence-corrected chi connectivity index (χ0v) is 8.08. The molecule has 0 saturated heterocycles. The van der Waals surface area contributed by atoms with Crippen LogP contribution in [-0.4, -0.2) is 15.5 Å². The maximum atomic E-state index is 11.4. The maximum Gasteiger partial charge on any atom is 0.245 e. The fraction of sp³-hybridized carbons (Fsp3) is 0.0909. The average Bonchev–Trinajstić information content (AvgIpc) is 2.72. The molecule has 0 radical (unpaired) electrons. The molecule has 1 aromatic heterocycles. The number of nitrogens with two attached hydrogens (primary N) is 1. The molecule has 0 aliphatic heterocycles. The highest BCUT2D eigenvalue weighted by Gasteiger charge is 2.18. The van der Waals surface area contributed by atoms with Crippen molar-refractivity contribution in [3.8, 4) is 0 Å². The van der Waals surface area contributed by atoms with Gasteiger partial charge in [-0.15, -0.1) is 0 Å². The van der Waals surface area contributed by atoms with Crippen LogP contribution in [0.2, 0.25) is 0 Å². The summed E-state index contributed by atoms with van der Waals surface area (Å²) in [4.78, 5) is 15.3. The molecule has 1 heterocycles. The molecular weight excluding hydrogens is 190 g/mol. The molecule has 0 saturated carbocycles. The fourth-order valence-electron chi connectivity index (χ4n) is 1.54. The Hall–Kier alpha value is -2.10. The van der Waals surface area contributed by atoms with Gasteiger partial charge in [-0.3, -0.25) is 4.79 Å². The zero-order valence-electron chi connectivity index (χ0n) is 8.08. The van der Waals surface area contributed by atoms with Crippen LogP contribution in [0.4, 0.5) is 0 Å². The number of rotatable bonds is 3. The van der Waals surface area contributed by atoms with Gasteiger partial charge in [0.1, 0.15) is 6.04 Å². The fourth-order valence-corrected chi connectivity index (χ4v) is 1.54. The third-order valence-corrected chi connectivity index (χ3v) is 2.21. The van der Waals surface area contributed by atoms with Crippen molar-refractivity contribution in [2.45, 2.75) is 6.04 Å². The third-order valence-electron chi connectivity index (χ3n) is 2.21. The summed E-state index contributed by atoms with van der Waals surface area (Å²) in [6.45, 7) is 0. The Kier molecular flexibility index (Phi) is 2.49. The first-order chi connectivity index (χ1) is 7.29. The summed E-state index contributed by atoms with van der Waals surface area (Å²) in [5.74, 6) is -0.390. The summed E-state index contributed by atoms with van der Waals surface area (Å²) >= 11 is 0. The molecule has 0 aliphatic carbocycles. The van der Waals surface area contributed by atoms with Gasteiger partial charge in [0.15, 0.2) is 0 Å². The molecule has 0 bridgehead atoms. The Morgan fingerprint density at radius 3 is 2.60 bits per heavy atom. The van der Waals surface area contributed by atoms with E-state index < -0.39 is 6.04 Å². The van der Waals surface area contributed by atoms with E-state index in [0.717, 1.165) is 5.56 Å². The SMILES string of the molecule is NC(=O)C(c1ccccc1)n1ccnc1. The van der Waals surface area contributed by atoms with Gasteiger partial charge in [0, 0.05) is 12.4 Å². The van der Waals surface area contributed by atoms with Gasteiger partial charge in [0.05, 0.1) is 6.33 Å². The first-order valence-corrected chi connectivity index (χ1v) is 4.61. The van der Waals surface area contributed by atoms with E-state index >= 15 is 0 Å². The topological polar surface area (TPSA) is 60.9 Å². The molecule has 15 heavy (non-hydrogen) atoms. The summed E-state index contributed by atoms with van der Waals surface area (Å²) in [7, 11) is 0. The lowest BCUT2D eigenvalue weighted by Gasteiger charge is -2.14. The molecule has 2 rings (SSSR count). The second kappa shape index (κ2) is 3.96. The van der Waals surface area contributed by atoms with Crippen molar-refractivity contribution in [1.82, 2.24) is 9.55 Å². The van der Waals surface area contributed by atoms with Crippen LogP contribution >= 0.6 is 0 Å². The molecule has 76 valence electrons. The standard InChI is InChI=1S/C11H11N3O/c12-11(15)10(14-7-6-13-8-14)9-4-2-1-3-5-9/h1-8,10H,(H2,12,15). The number of hydrogen-bond donors (Lipinski definition) is 1. The number of carbonyl (C=O) groups excluding carboxylic acids is 1. The number of benzene rings is 1. The van der Waals surface area contributed by atoms with Gasteiger partial charge in [-0.1, -0.05) is 30.3 Å². The Bertz CT molecular complexity index is 436. The molecule has 2 N–H and O–H groups in total. The van der Waals surface area contributed by atoms with Crippen LogP contribution in [0.15, 0.2) is 49.1 Å². The molecule has 4 heteroatoms. The van der Waals surface area contributed by atoms with Crippen LogP contribution in [0.5, 0.6) is 0 Å². The summed E-state index contributed by atoms with van der Waals surface area (Å²) in [5.41, 5.74) is 6.24. The number of hydrogen-bond acceptors (Lipinski definition) is 2. The average molecular weight is 201 g/mol. The zero-order chi connectivity index (χ0) is 10.7. The van der Waals surface area contributed by atoms with E-state index in [1.165, 1.54) is 0 Å². The Labute approximate surface area is 87.4 Å². The molecule has 4 nitrogen and oxygen atoms in total. The van der Waals surface area contributed by atoms with Gasteiger partial charge in [-0.25, -0.2) is 4.98 Å². The van der Waals surface area contributed by atoms with Gasteiger partial charge < -0.3 is 10.3 Å². The lowest BCUT2D eigenvalue weighted by Crippen LogP contribution is -2.26. The van der Waals surface area contributed by atoms with Crippen LogP contribution < -0.4 is 5.73 Å². The van der Waals surface area contributed by atoms with E-state index in [9.17, 15) is 4.79 Å². The van der Waals surface area contributed by atoms with Gasteiger partial charge in [-0.2, -0.15) is 0 Å². The summed E-state index contributed by atoms with van der Waals surface area (Å²) < 4.78 is 1.69. The van der Waals surface area contributed by atoms with Crippen LogP contribution in [-0.2, 0) is 4.79 Å². The van der Waals surface area contributed by atoms with Crippen molar-refractivity contribution < 1.29 is 4.79 Å². The summed E-state index contributed by atoms with van der Waals surface area (Å²) in [5, 5.41) is 0. The third kappa shape index (κ3) is 1.88. The minimum Gasteiger partial charge on any atom is -0.368 e. The van der Waals surface area contributed by atoms with Crippen LogP contribution in [0.1, 0.15) is 11.6 Å². The Morgan fingerprint density at radius 2 is 2.07 bits per heavy atom. The number of carbonyl (C=O) groups is 1. The highest BCUT2D eigenvalue weighted by molar-refractivity contribution is 5.81. The smallest absolute Gasteiger partial charge is 0.245 e. The number of primary amides is 1. The molecule has 0 aliphatic rings. The number of amides is 1. The lowest BCUT2D eigenvalue weighted by atomic mass is 10.1. The molecule has 0 spiro atoms. The van der Waals surface area contributed by atoms with Crippen molar-refractivity contribution in [2.75, 3.05) is 0 Å². The second-order valence-corrected chi connectivity index (χ2v) is 3.23. The monoisotopic (exact) mass is 201 g/mol. The Balaban J connectivity index is 2.42. The highest BCUT2D eigenvalue weighted by Crippen LogP contribution is 2.16. The van der Waals surface area contributed by atoms with Gasteiger partial charge in [-0.05, 0) is 5.56 Å². The second-order valence-electron chi connectivity index (χ2n) is 3.23. The van der Waals surface area contributed by atoms with E-state index in [-0.39, 0.29) is 5.91 Å². The summed E-state index contributed by atoms with van der Waals surface area (Å²) in [6.07, 6.45) is 4.93. The van der Waals surface area contributed by atoms with Gasteiger partial charge in [0.25, 0.3) is 0 Å². The summed E-state index contributed by atoms with van der Waals surface area (Å²) in [6, 6.07) is 8.92. The minimum atomic E-state index is -0.478. The molecule has 2 aromatic rings. The highest BCUT2D eigenvalue weighted by atomic mass is 16.1. The van der Waals surface area contributed by atoms with E-state index in [4.69, 9.17) is 5.73 Å². The normalized spacial score (nSPS) is 12.3. The predicted molar refractivity (Wildman–Crippen MR) is 56.0 cm³/mol. The molecule has 1 unspecified atom stereocenters. The van der Waals surface area contributed by atoms with E-state index in [1.807, 2.05) is 30.3 Å². The Morgan fingerprint density at radius 1 is 1.33 bits per heavy atom. The van der Waals surface area contributed by atoms with E-state index in [1.54, 1.807) is 23.3 Å². The molecular formula is C11H11N3O. The van der Waals surface area contributed by atoms with E-state index in [0.29, 0.717) is 0 Å². The number of imidazole rings is 1. The molecule has 0 fully saturated rings. The molecule has 1 aromatic carbocycles. The molecule has 1 amide bonds. The maximum absolute atomic E-state index is 11.4. The van der Waals surface area contributed by atoms with Crippen molar-refractivity contribution in [1.29, 1.82) is 0 Å².